The van der Waals surface area contributed by atoms with Crippen molar-refractivity contribution in [1.82, 2.24) is 15.0 Å². The van der Waals surface area contributed by atoms with Crippen LogP contribution >= 0.6 is 0 Å². The highest BCUT2D eigenvalue weighted by Gasteiger charge is 2.11. The molecule has 0 aliphatic carbocycles. The fraction of sp³-hybridized carbons (Fsp3) is 0.438. The van der Waals surface area contributed by atoms with Gasteiger partial charge in [0, 0.05) is 12.1 Å². The van der Waals surface area contributed by atoms with E-state index in [9.17, 15) is 0 Å². The van der Waals surface area contributed by atoms with E-state index >= 15 is 0 Å². The van der Waals surface area contributed by atoms with Crippen LogP contribution < -0.4 is 10.1 Å². The molecule has 112 valence electrons. The van der Waals surface area contributed by atoms with Gasteiger partial charge < -0.3 is 10.1 Å². The highest BCUT2D eigenvalue weighted by atomic mass is 16.5. The first-order valence-electron chi connectivity index (χ1n) is 7.34. The number of nitrogens with one attached hydrogen (secondary N) is 1. The van der Waals surface area contributed by atoms with Crippen LogP contribution in [-0.2, 0) is 0 Å². The van der Waals surface area contributed by atoms with Crippen LogP contribution in [-0.4, -0.2) is 28.1 Å². The highest BCUT2D eigenvalue weighted by molar-refractivity contribution is 5.62. The lowest BCUT2D eigenvalue weighted by atomic mass is 10.1. The van der Waals surface area contributed by atoms with E-state index in [-0.39, 0.29) is 0 Å². The van der Waals surface area contributed by atoms with E-state index in [0.29, 0.717) is 24.4 Å². The number of hydrogen-bond acceptors (Lipinski definition) is 5. The van der Waals surface area contributed by atoms with Gasteiger partial charge in [-0.15, -0.1) is 0 Å². The van der Waals surface area contributed by atoms with Crippen LogP contribution in [0.4, 0.5) is 5.95 Å². The van der Waals surface area contributed by atoms with Crippen molar-refractivity contribution < 1.29 is 4.74 Å². The zero-order valence-corrected chi connectivity index (χ0v) is 13.1. The van der Waals surface area contributed by atoms with Gasteiger partial charge >= 0.3 is 6.01 Å². The number of anilines is 1. The molecule has 0 saturated carbocycles. The van der Waals surface area contributed by atoms with E-state index < -0.39 is 0 Å². The van der Waals surface area contributed by atoms with E-state index in [1.165, 1.54) is 5.56 Å². The molecule has 1 aromatic heterocycles. The van der Waals surface area contributed by atoms with Crippen molar-refractivity contribution in [2.45, 2.75) is 34.1 Å². The van der Waals surface area contributed by atoms with Crippen LogP contribution in [0.25, 0.3) is 11.4 Å². The van der Waals surface area contributed by atoms with Gasteiger partial charge in [-0.1, -0.05) is 24.6 Å². The Morgan fingerprint density at radius 3 is 2.62 bits per heavy atom. The third-order valence-corrected chi connectivity index (χ3v) is 3.02. The average molecular weight is 286 g/mol. The average Bonchev–Trinajstić information content (AvgIpc) is 2.48. The van der Waals surface area contributed by atoms with E-state index in [1.807, 2.05) is 6.92 Å². The molecular weight excluding hydrogens is 264 g/mol. The minimum Gasteiger partial charge on any atom is -0.463 e. The molecule has 0 spiro atoms. The normalized spacial score (nSPS) is 10.5. The molecule has 0 aliphatic heterocycles. The Morgan fingerprint density at radius 2 is 1.90 bits per heavy atom. The lowest BCUT2D eigenvalue weighted by Crippen LogP contribution is -2.08. The Morgan fingerprint density at radius 1 is 1.10 bits per heavy atom. The van der Waals surface area contributed by atoms with Crippen molar-refractivity contribution in [2.75, 3.05) is 18.5 Å². The largest absolute Gasteiger partial charge is 0.463 e. The lowest BCUT2D eigenvalue weighted by molar-refractivity contribution is 0.292. The molecule has 0 bridgehead atoms. The van der Waals surface area contributed by atoms with Crippen LogP contribution in [0.15, 0.2) is 18.2 Å². The second-order valence-electron chi connectivity index (χ2n) is 4.96. The van der Waals surface area contributed by atoms with E-state index in [0.717, 1.165) is 24.1 Å². The summed E-state index contributed by atoms with van der Waals surface area (Å²) in [6, 6.07) is 6.62. The summed E-state index contributed by atoms with van der Waals surface area (Å²) in [5.41, 5.74) is 3.32. The molecule has 5 heteroatoms. The zero-order valence-electron chi connectivity index (χ0n) is 13.1. The van der Waals surface area contributed by atoms with Gasteiger partial charge in [0.1, 0.15) is 0 Å². The molecule has 0 aliphatic rings. The van der Waals surface area contributed by atoms with Crippen LogP contribution in [0.2, 0.25) is 0 Å². The first-order valence-corrected chi connectivity index (χ1v) is 7.34. The SMILES string of the molecule is CCCOc1nc(NCC)nc(-c2cc(C)ccc2C)n1. The number of aromatic nitrogens is 3. The highest BCUT2D eigenvalue weighted by Crippen LogP contribution is 2.23. The summed E-state index contributed by atoms with van der Waals surface area (Å²) < 4.78 is 5.57. The molecule has 21 heavy (non-hydrogen) atoms. The maximum Gasteiger partial charge on any atom is 0.321 e. The van der Waals surface area contributed by atoms with Gasteiger partial charge in [-0.25, -0.2) is 0 Å². The van der Waals surface area contributed by atoms with Crippen LogP contribution in [0, 0.1) is 13.8 Å². The Balaban J connectivity index is 2.45. The van der Waals surface area contributed by atoms with Crippen molar-refractivity contribution in [3.05, 3.63) is 29.3 Å². The number of aryl methyl sites for hydroxylation is 2. The summed E-state index contributed by atoms with van der Waals surface area (Å²) in [5, 5.41) is 3.13. The first kappa shape index (κ1) is 15.2. The van der Waals surface area contributed by atoms with Gasteiger partial charge in [0.15, 0.2) is 5.82 Å². The summed E-state index contributed by atoms with van der Waals surface area (Å²) in [6.07, 6.45) is 0.918. The molecule has 0 unspecified atom stereocenters. The second kappa shape index (κ2) is 7.02. The summed E-state index contributed by atoms with van der Waals surface area (Å²) in [6.45, 7) is 9.53. The number of rotatable bonds is 6. The topological polar surface area (TPSA) is 59.9 Å². The van der Waals surface area contributed by atoms with E-state index in [2.05, 4.69) is 59.2 Å². The standard InChI is InChI=1S/C16H22N4O/c1-5-9-21-16-19-14(18-15(20-16)17-6-2)13-10-11(3)7-8-12(13)4/h7-8,10H,5-6,9H2,1-4H3,(H,17,18,19,20). The molecule has 0 fully saturated rings. The fourth-order valence-electron chi connectivity index (χ4n) is 1.95. The van der Waals surface area contributed by atoms with Gasteiger partial charge in [-0.05, 0) is 38.8 Å². The lowest BCUT2D eigenvalue weighted by Gasteiger charge is -2.10. The van der Waals surface area contributed by atoms with Crippen LogP contribution in [0.5, 0.6) is 6.01 Å². The Bertz CT molecular complexity index is 613. The molecule has 1 aromatic carbocycles. The summed E-state index contributed by atoms with van der Waals surface area (Å²) in [4.78, 5) is 13.2. The van der Waals surface area contributed by atoms with Gasteiger partial charge in [0.2, 0.25) is 5.95 Å². The van der Waals surface area contributed by atoms with Crippen LogP contribution in [0.3, 0.4) is 0 Å². The smallest absolute Gasteiger partial charge is 0.321 e. The van der Waals surface area contributed by atoms with E-state index in [4.69, 9.17) is 4.74 Å². The molecule has 5 nitrogen and oxygen atoms in total. The second-order valence-corrected chi connectivity index (χ2v) is 4.96. The van der Waals surface area contributed by atoms with Gasteiger partial charge in [-0.3, -0.25) is 0 Å². The van der Waals surface area contributed by atoms with Gasteiger partial charge in [-0.2, -0.15) is 15.0 Å². The predicted molar refractivity (Wildman–Crippen MR) is 84.7 cm³/mol. The van der Waals surface area contributed by atoms with Crippen molar-refractivity contribution in [3.63, 3.8) is 0 Å². The van der Waals surface area contributed by atoms with Crippen molar-refractivity contribution in [3.8, 4) is 17.4 Å². The number of benzene rings is 1. The maximum atomic E-state index is 5.57. The van der Waals surface area contributed by atoms with Crippen molar-refractivity contribution in [2.24, 2.45) is 0 Å². The molecule has 1 N–H and O–H groups in total. The van der Waals surface area contributed by atoms with Gasteiger partial charge in [0.05, 0.1) is 6.61 Å². The van der Waals surface area contributed by atoms with E-state index in [1.54, 1.807) is 0 Å². The summed E-state index contributed by atoms with van der Waals surface area (Å²) >= 11 is 0. The summed E-state index contributed by atoms with van der Waals surface area (Å²) in [7, 11) is 0. The molecule has 0 atom stereocenters. The molecule has 2 aromatic rings. The third-order valence-electron chi connectivity index (χ3n) is 3.02. The summed E-state index contributed by atoms with van der Waals surface area (Å²) in [5.74, 6) is 1.20. The monoisotopic (exact) mass is 286 g/mol. The Hall–Kier alpha value is -2.17. The molecular formula is C16H22N4O. The maximum absolute atomic E-state index is 5.57. The minimum absolute atomic E-state index is 0.374. The zero-order chi connectivity index (χ0) is 15.2. The number of hydrogen-bond donors (Lipinski definition) is 1. The predicted octanol–water partition coefficient (Wildman–Crippen LogP) is 3.38. The third kappa shape index (κ3) is 3.90. The van der Waals surface area contributed by atoms with Crippen molar-refractivity contribution >= 4 is 5.95 Å². The quantitative estimate of drug-likeness (QED) is 0.882. The number of ether oxygens (including phenoxy) is 1. The molecule has 0 radical (unpaired) electrons. The number of nitrogens with zero attached hydrogens (tertiary/aromatic N) is 3. The van der Waals surface area contributed by atoms with Crippen LogP contribution in [0.1, 0.15) is 31.4 Å². The molecule has 0 saturated heterocycles. The fourth-order valence-corrected chi connectivity index (χ4v) is 1.95. The Labute approximate surface area is 125 Å². The first-order chi connectivity index (χ1) is 10.1. The minimum atomic E-state index is 0.374. The van der Waals surface area contributed by atoms with Crippen molar-refractivity contribution in [1.29, 1.82) is 0 Å². The molecule has 2 rings (SSSR count). The van der Waals surface area contributed by atoms with Gasteiger partial charge in [0.25, 0.3) is 0 Å². The molecule has 1 heterocycles. The molecule has 0 amide bonds. The Kier molecular flexibility index (Phi) is 5.09.